The molecule has 2 aliphatic rings. The van der Waals surface area contributed by atoms with E-state index in [1.807, 2.05) is 31.2 Å². The number of carbonyl (C=O) groups is 1. The summed E-state index contributed by atoms with van der Waals surface area (Å²) >= 11 is 6.29. The van der Waals surface area contributed by atoms with Gasteiger partial charge in [0.2, 0.25) is 5.91 Å². The maximum Gasteiger partial charge on any atom is 0.227 e. The Morgan fingerprint density at radius 2 is 1.71 bits per heavy atom. The van der Waals surface area contributed by atoms with E-state index in [9.17, 15) is 4.79 Å². The fourth-order valence-electron chi connectivity index (χ4n) is 3.39. The second kappa shape index (κ2) is 8.19. The van der Waals surface area contributed by atoms with E-state index < -0.39 is 0 Å². The van der Waals surface area contributed by atoms with Gasteiger partial charge >= 0.3 is 0 Å². The standard InChI is InChI=1S/C21H22ClNO5/c1-2-23(13-15-4-3-5-17-20(15)27-8-6-25-17)19(24)12-14-10-16(22)21-18(11-14)26-7-9-28-21/h3-5,10-11H,2,6-9,12-13H2,1H3. The largest absolute Gasteiger partial charge is 0.486 e. The highest BCUT2D eigenvalue weighted by Crippen LogP contribution is 2.38. The van der Waals surface area contributed by atoms with Gasteiger partial charge in [0, 0.05) is 18.7 Å². The average molecular weight is 404 g/mol. The summed E-state index contributed by atoms with van der Waals surface area (Å²) in [6.07, 6.45) is 0.233. The molecule has 2 aromatic carbocycles. The SMILES string of the molecule is CCN(Cc1cccc2c1OCCO2)C(=O)Cc1cc(Cl)c2c(c1)OCCO2. The van der Waals surface area contributed by atoms with Gasteiger partial charge in [-0.15, -0.1) is 0 Å². The first kappa shape index (κ1) is 18.7. The van der Waals surface area contributed by atoms with Gasteiger partial charge in [-0.05, 0) is 30.7 Å². The molecule has 0 saturated carbocycles. The zero-order valence-corrected chi connectivity index (χ0v) is 16.5. The van der Waals surface area contributed by atoms with Crippen molar-refractivity contribution in [3.05, 3.63) is 46.5 Å². The van der Waals surface area contributed by atoms with Crippen LogP contribution in [0.15, 0.2) is 30.3 Å². The number of hydrogen-bond acceptors (Lipinski definition) is 5. The molecule has 0 aromatic heterocycles. The Hall–Kier alpha value is -2.60. The maximum absolute atomic E-state index is 12.9. The quantitative estimate of drug-likeness (QED) is 0.765. The summed E-state index contributed by atoms with van der Waals surface area (Å²) in [5.74, 6) is 2.59. The smallest absolute Gasteiger partial charge is 0.227 e. The van der Waals surface area contributed by atoms with E-state index in [-0.39, 0.29) is 12.3 Å². The van der Waals surface area contributed by atoms with Gasteiger partial charge in [0.15, 0.2) is 23.0 Å². The minimum atomic E-state index is 0.00424. The minimum Gasteiger partial charge on any atom is -0.486 e. The lowest BCUT2D eigenvalue weighted by Crippen LogP contribution is -2.32. The van der Waals surface area contributed by atoms with Gasteiger partial charge in [0.25, 0.3) is 0 Å². The molecule has 148 valence electrons. The van der Waals surface area contributed by atoms with Crippen LogP contribution in [0.1, 0.15) is 18.1 Å². The van der Waals surface area contributed by atoms with Crippen molar-refractivity contribution in [2.24, 2.45) is 0 Å². The first-order valence-corrected chi connectivity index (χ1v) is 9.76. The number of para-hydroxylation sites is 1. The molecule has 28 heavy (non-hydrogen) atoms. The van der Waals surface area contributed by atoms with Crippen molar-refractivity contribution in [2.75, 3.05) is 33.0 Å². The van der Waals surface area contributed by atoms with E-state index in [2.05, 4.69) is 0 Å². The highest BCUT2D eigenvalue weighted by atomic mass is 35.5. The third-order valence-electron chi connectivity index (χ3n) is 4.76. The fraction of sp³-hybridized carbons (Fsp3) is 0.381. The lowest BCUT2D eigenvalue weighted by atomic mass is 10.1. The Balaban J connectivity index is 1.50. The Morgan fingerprint density at radius 1 is 1.00 bits per heavy atom. The zero-order chi connectivity index (χ0) is 19.5. The Bertz CT molecular complexity index is 885. The van der Waals surface area contributed by atoms with E-state index >= 15 is 0 Å². The molecule has 0 N–H and O–H groups in total. The summed E-state index contributed by atoms with van der Waals surface area (Å²) in [5.41, 5.74) is 1.74. The summed E-state index contributed by atoms with van der Waals surface area (Å²) in [6.45, 7) is 5.01. The van der Waals surface area contributed by atoms with Crippen molar-refractivity contribution in [1.29, 1.82) is 0 Å². The first-order valence-electron chi connectivity index (χ1n) is 9.39. The van der Waals surface area contributed by atoms with Gasteiger partial charge in [-0.3, -0.25) is 4.79 Å². The number of hydrogen-bond donors (Lipinski definition) is 0. The van der Waals surface area contributed by atoms with Crippen molar-refractivity contribution >= 4 is 17.5 Å². The number of ether oxygens (including phenoxy) is 4. The molecule has 0 saturated heterocycles. The number of halogens is 1. The van der Waals surface area contributed by atoms with E-state index in [1.165, 1.54) is 0 Å². The van der Waals surface area contributed by atoms with Crippen molar-refractivity contribution < 1.29 is 23.7 Å². The van der Waals surface area contributed by atoms with E-state index in [0.717, 1.165) is 22.6 Å². The lowest BCUT2D eigenvalue weighted by Gasteiger charge is -2.26. The molecule has 0 radical (unpaired) electrons. The van der Waals surface area contributed by atoms with E-state index in [4.69, 9.17) is 30.5 Å². The molecule has 0 unspecified atom stereocenters. The first-order chi connectivity index (χ1) is 13.7. The molecule has 0 fully saturated rings. The van der Waals surface area contributed by atoms with E-state index in [0.29, 0.717) is 56.0 Å². The van der Waals surface area contributed by atoms with Crippen LogP contribution >= 0.6 is 11.6 Å². The van der Waals surface area contributed by atoms with Crippen LogP contribution in [0.2, 0.25) is 5.02 Å². The molecule has 0 atom stereocenters. The van der Waals surface area contributed by atoms with Crippen LogP contribution in [0.4, 0.5) is 0 Å². The second-order valence-electron chi connectivity index (χ2n) is 6.63. The number of benzene rings is 2. The molecular formula is C21H22ClNO5. The third-order valence-corrected chi connectivity index (χ3v) is 5.04. The number of nitrogens with zero attached hydrogens (tertiary/aromatic N) is 1. The summed E-state index contributed by atoms with van der Waals surface area (Å²) < 4.78 is 22.5. The predicted molar refractivity (Wildman–Crippen MR) is 105 cm³/mol. The van der Waals surface area contributed by atoms with Crippen LogP contribution in [0.3, 0.4) is 0 Å². The van der Waals surface area contributed by atoms with Gasteiger partial charge in [0.1, 0.15) is 26.4 Å². The highest BCUT2D eigenvalue weighted by molar-refractivity contribution is 6.32. The van der Waals surface area contributed by atoms with Gasteiger partial charge in [-0.2, -0.15) is 0 Å². The van der Waals surface area contributed by atoms with Crippen LogP contribution in [0, 0.1) is 0 Å². The monoisotopic (exact) mass is 403 g/mol. The normalized spacial score (nSPS) is 14.5. The summed E-state index contributed by atoms with van der Waals surface area (Å²) in [5, 5.41) is 0.464. The molecular weight excluding hydrogens is 382 g/mol. The topological polar surface area (TPSA) is 57.2 Å². The van der Waals surface area contributed by atoms with Crippen LogP contribution in [-0.2, 0) is 17.8 Å². The van der Waals surface area contributed by atoms with Crippen molar-refractivity contribution in [3.63, 3.8) is 0 Å². The molecule has 1 amide bonds. The fourth-order valence-corrected chi connectivity index (χ4v) is 3.68. The third kappa shape index (κ3) is 3.83. The number of fused-ring (bicyclic) bond motifs is 2. The average Bonchev–Trinajstić information content (AvgIpc) is 2.72. The van der Waals surface area contributed by atoms with Gasteiger partial charge in [0.05, 0.1) is 11.4 Å². The molecule has 7 heteroatoms. The second-order valence-corrected chi connectivity index (χ2v) is 7.04. The zero-order valence-electron chi connectivity index (χ0n) is 15.7. The Kier molecular flexibility index (Phi) is 5.48. The molecule has 0 bridgehead atoms. The van der Waals surface area contributed by atoms with Crippen molar-refractivity contribution in [2.45, 2.75) is 19.9 Å². The predicted octanol–water partition coefficient (Wildman–Crippen LogP) is 3.47. The van der Waals surface area contributed by atoms with Crippen molar-refractivity contribution in [1.82, 2.24) is 4.90 Å². The summed E-state index contributed by atoms with van der Waals surface area (Å²) in [4.78, 5) is 14.7. The molecule has 2 aromatic rings. The number of likely N-dealkylation sites (N-methyl/N-ethyl adjacent to an activating group) is 1. The molecule has 4 rings (SSSR count). The minimum absolute atomic E-state index is 0.00424. The molecule has 0 aliphatic carbocycles. The van der Waals surface area contributed by atoms with Gasteiger partial charge in [-0.1, -0.05) is 23.7 Å². The number of rotatable bonds is 5. The van der Waals surface area contributed by atoms with Crippen molar-refractivity contribution in [3.8, 4) is 23.0 Å². The highest BCUT2D eigenvalue weighted by Gasteiger charge is 2.22. The molecule has 2 heterocycles. The summed E-state index contributed by atoms with van der Waals surface area (Å²) in [6, 6.07) is 9.36. The maximum atomic E-state index is 12.9. The van der Waals surface area contributed by atoms with Crippen LogP contribution in [0.25, 0.3) is 0 Å². The number of carbonyl (C=O) groups excluding carboxylic acids is 1. The number of amides is 1. The Morgan fingerprint density at radius 3 is 2.50 bits per heavy atom. The van der Waals surface area contributed by atoms with Crippen LogP contribution in [-0.4, -0.2) is 43.8 Å². The molecule has 6 nitrogen and oxygen atoms in total. The van der Waals surface area contributed by atoms with Crippen LogP contribution < -0.4 is 18.9 Å². The van der Waals surface area contributed by atoms with Gasteiger partial charge in [-0.25, -0.2) is 0 Å². The van der Waals surface area contributed by atoms with Gasteiger partial charge < -0.3 is 23.8 Å². The lowest BCUT2D eigenvalue weighted by molar-refractivity contribution is -0.130. The molecule has 0 spiro atoms. The Labute approximate surface area is 168 Å². The summed E-state index contributed by atoms with van der Waals surface area (Å²) in [7, 11) is 0. The van der Waals surface area contributed by atoms with E-state index in [1.54, 1.807) is 11.0 Å². The van der Waals surface area contributed by atoms with Crippen LogP contribution in [0.5, 0.6) is 23.0 Å². The molecule has 2 aliphatic heterocycles.